The van der Waals surface area contributed by atoms with Crippen LogP contribution in [-0.4, -0.2) is 72.8 Å². The molecule has 2 saturated heterocycles. The Kier molecular flexibility index (Phi) is 6.57. The molecule has 28 heavy (non-hydrogen) atoms. The molecule has 0 radical (unpaired) electrons. The number of nitrogens with zero attached hydrogens (tertiary/aromatic N) is 2. The van der Waals surface area contributed by atoms with Gasteiger partial charge in [-0.15, -0.1) is 0 Å². The molecular formula is C21H30N2O5. The quantitative estimate of drug-likeness (QED) is 0.827. The fourth-order valence-electron chi connectivity index (χ4n) is 3.99. The molecule has 1 aliphatic carbocycles. The van der Waals surface area contributed by atoms with Crippen molar-refractivity contribution in [3.8, 4) is 5.75 Å². The Morgan fingerprint density at radius 2 is 1.89 bits per heavy atom. The number of amides is 1. The van der Waals surface area contributed by atoms with Crippen molar-refractivity contribution in [2.24, 2.45) is 11.3 Å². The van der Waals surface area contributed by atoms with Gasteiger partial charge in [0.1, 0.15) is 5.75 Å². The van der Waals surface area contributed by atoms with Gasteiger partial charge in [0.15, 0.2) is 6.61 Å². The Bertz CT molecular complexity index is 683. The highest BCUT2D eigenvalue weighted by atomic mass is 16.5. The summed E-state index contributed by atoms with van der Waals surface area (Å²) in [6.45, 7) is 9.64. The molecule has 7 nitrogen and oxygen atoms in total. The van der Waals surface area contributed by atoms with Crippen LogP contribution in [0.1, 0.15) is 25.8 Å². The average Bonchev–Trinajstić information content (AvgIpc) is 3.18. The minimum absolute atomic E-state index is 0.0342. The van der Waals surface area contributed by atoms with Crippen molar-refractivity contribution in [2.75, 3.05) is 46.0 Å². The molecule has 1 N–H and O–H groups in total. The number of morpholine rings is 1. The predicted molar refractivity (Wildman–Crippen MR) is 104 cm³/mol. The lowest BCUT2D eigenvalue weighted by Gasteiger charge is -2.26. The topological polar surface area (TPSA) is 79.3 Å². The molecule has 2 unspecified atom stereocenters. The molecule has 0 bridgehead atoms. The maximum atomic E-state index is 12.1. The second-order valence-corrected chi connectivity index (χ2v) is 8.17. The Hall–Kier alpha value is -2.12. The standard InChI is InChI=1S/C19H26N2O3.C2H4O2/c1-19-10-16(19)12-20(14-19)11-15-2-4-17(5-3-15)24-13-18(22)21-6-8-23-9-7-21;1-2(3)4/h2-5,16H,6-14H2,1H3;1H3,(H,3,4). The third-order valence-electron chi connectivity index (χ3n) is 5.66. The number of benzene rings is 1. The first kappa shape index (κ1) is 20.6. The minimum Gasteiger partial charge on any atom is -0.484 e. The first-order chi connectivity index (χ1) is 13.4. The molecular weight excluding hydrogens is 360 g/mol. The van der Waals surface area contributed by atoms with Crippen LogP contribution in [0.2, 0.25) is 0 Å². The van der Waals surface area contributed by atoms with Crippen molar-refractivity contribution in [3.05, 3.63) is 29.8 Å². The summed E-state index contributed by atoms with van der Waals surface area (Å²) < 4.78 is 10.9. The van der Waals surface area contributed by atoms with Gasteiger partial charge in [0, 0.05) is 39.6 Å². The van der Waals surface area contributed by atoms with Gasteiger partial charge in [-0.2, -0.15) is 0 Å². The van der Waals surface area contributed by atoms with E-state index < -0.39 is 5.97 Å². The van der Waals surface area contributed by atoms with Gasteiger partial charge in [-0.1, -0.05) is 19.1 Å². The van der Waals surface area contributed by atoms with Gasteiger partial charge in [-0.3, -0.25) is 14.5 Å². The van der Waals surface area contributed by atoms with Crippen LogP contribution < -0.4 is 4.74 Å². The van der Waals surface area contributed by atoms with Crippen LogP contribution in [0.5, 0.6) is 5.75 Å². The zero-order chi connectivity index (χ0) is 20.1. The molecule has 4 rings (SSSR count). The fourth-order valence-corrected chi connectivity index (χ4v) is 3.99. The molecule has 0 aromatic heterocycles. The van der Waals surface area contributed by atoms with Crippen LogP contribution >= 0.6 is 0 Å². The summed E-state index contributed by atoms with van der Waals surface area (Å²) in [5, 5.41) is 7.42. The molecule has 2 aliphatic heterocycles. The van der Waals surface area contributed by atoms with E-state index in [1.807, 2.05) is 12.1 Å². The third-order valence-corrected chi connectivity index (χ3v) is 5.66. The number of carbonyl (C=O) groups excluding carboxylic acids is 1. The zero-order valence-corrected chi connectivity index (χ0v) is 16.7. The number of aliphatic carboxylic acids is 1. The van der Waals surface area contributed by atoms with E-state index in [2.05, 4.69) is 24.0 Å². The number of fused-ring (bicyclic) bond motifs is 1. The highest BCUT2D eigenvalue weighted by molar-refractivity contribution is 5.77. The highest BCUT2D eigenvalue weighted by Crippen LogP contribution is 2.57. The summed E-state index contributed by atoms with van der Waals surface area (Å²) >= 11 is 0. The number of rotatable bonds is 5. The number of hydrogen-bond donors (Lipinski definition) is 1. The van der Waals surface area contributed by atoms with Gasteiger partial charge < -0.3 is 19.5 Å². The van der Waals surface area contributed by atoms with Crippen molar-refractivity contribution in [1.82, 2.24) is 9.80 Å². The van der Waals surface area contributed by atoms with E-state index in [0.29, 0.717) is 31.7 Å². The van der Waals surface area contributed by atoms with E-state index in [9.17, 15) is 4.79 Å². The first-order valence-corrected chi connectivity index (χ1v) is 9.85. The predicted octanol–water partition coefficient (Wildman–Crippen LogP) is 1.86. The van der Waals surface area contributed by atoms with Gasteiger partial charge in [0.25, 0.3) is 11.9 Å². The van der Waals surface area contributed by atoms with Crippen molar-refractivity contribution in [2.45, 2.75) is 26.8 Å². The Balaban J connectivity index is 0.000000516. The summed E-state index contributed by atoms with van der Waals surface area (Å²) in [7, 11) is 0. The number of carboxylic acids is 1. The maximum Gasteiger partial charge on any atom is 0.300 e. The van der Waals surface area contributed by atoms with Crippen molar-refractivity contribution in [1.29, 1.82) is 0 Å². The lowest BCUT2D eigenvalue weighted by Crippen LogP contribution is -2.42. The molecule has 0 spiro atoms. The molecule has 1 saturated carbocycles. The molecule has 1 aromatic carbocycles. The van der Waals surface area contributed by atoms with Crippen LogP contribution in [0.15, 0.2) is 24.3 Å². The normalized spacial score (nSPS) is 26.1. The van der Waals surface area contributed by atoms with Crippen LogP contribution in [0.3, 0.4) is 0 Å². The first-order valence-electron chi connectivity index (χ1n) is 9.85. The summed E-state index contributed by atoms with van der Waals surface area (Å²) in [6.07, 6.45) is 1.41. The molecule has 154 valence electrons. The molecule has 7 heteroatoms. The van der Waals surface area contributed by atoms with Crippen molar-refractivity contribution < 1.29 is 24.2 Å². The SMILES string of the molecule is CC(=O)O.CC12CC1CN(Cc1ccc(OCC(=O)N3CCOCC3)cc1)C2. The summed E-state index contributed by atoms with van der Waals surface area (Å²) in [6, 6.07) is 8.17. The van der Waals surface area contributed by atoms with Gasteiger partial charge >= 0.3 is 0 Å². The smallest absolute Gasteiger partial charge is 0.300 e. The maximum absolute atomic E-state index is 12.1. The molecule has 2 heterocycles. The van der Waals surface area contributed by atoms with Gasteiger partial charge in [0.2, 0.25) is 0 Å². The fraction of sp³-hybridized carbons (Fsp3) is 0.619. The molecule has 1 aromatic rings. The molecule has 2 atom stereocenters. The number of ether oxygens (including phenoxy) is 2. The summed E-state index contributed by atoms with van der Waals surface area (Å²) in [4.78, 5) is 25.4. The van der Waals surface area contributed by atoms with Gasteiger partial charge in [-0.25, -0.2) is 0 Å². The average molecular weight is 390 g/mol. The van der Waals surface area contributed by atoms with E-state index in [-0.39, 0.29) is 12.5 Å². The third kappa shape index (κ3) is 5.69. The van der Waals surface area contributed by atoms with E-state index in [4.69, 9.17) is 19.4 Å². The monoisotopic (exact) mass is 390 g/mol. The second-order valence-electron chi connectivity index (χ2n) is 8.17. The number of carbonyl (C=O) groups is 2. The van der Waals surface area contributed by atoms with Crippen LogP contribution in [0.25, 0.3) is 0 Å². The van der Waals surface area contributed by atoms with Gasteiger partial charge in [-0.05, 0) is 35.4 Å². The Morgan fingerprint density at radius 1 is 1.25 bits per heavy atom. The molecule has 3 aliphatic rings. The number of carboxylic acid groups (broad SMARTS) is 1. The summed E-state index contributed by atoms with van der Waals surface area (Å²) in [5.74, 6) is 0.884. The van der Waals surface area contributed by atoms with E-state index in [0.717, 1.165) is 25.1 Å². The Labute approximate surface area is 166 Å². The van der Waals surface area contributed by atoms with Crippen LogP contribution in [-0.2, 0) is 20.9 Å². The Morgan fingerprint density at radius 3 is 2.46 bits per heavy atom. The molecule has 3 fully saturated rings. The number of piperidine rings is 1. The number of likely N-dealkylation sites (tertiary alicyclic amines) is 1. The minimum atomic E-state index is -0.833. The zero-order valence-electron chi connectivity index (χ0n) is 16.7. The van der Waals surface area contributed by atoms with Gasteiger partial charge in [0.05, 0.1) is 13.2 Å². The van der Waals surface area contributed by atoms with E-state index in [1.165, 1.54) is 25.1 Å². The molecule has 1 amide bonds. The largest absolute Gasteiger partial charge is 0.484 e. The van der Waals surface area contributed by atoms with Crippen molar-refractivity contribution in [3.63, 3.8) is 0 Å². The lowest BCUT2D eigenvalue weighted by atomic mass is 10.1. The van der Waals surface area contributed by atoms with Crippen molar-refractivity contribution >= 4 is 11.9 Å². The summed E-state index contributed by atoms with van der Waals surface area (Å²) in [5.41, 5.74) is 1.91. The van der Waals surface area contributed by atoms with E-state index >= 15 is 0 Å². The van der Waals surface area contributed by atoms with Crippen LogP contribution in [0, 0.1) is 11.3 Å². The van der Waals surface area contributed by atoms with Crippen LogP contribution in [0.4, 0.5) is 0 Å². The lowest BCUT2D eigenvalue weighted by molar-refractivity contribution is -0.137. The van der Waals surface area contributed by atoms with E-state index in [1.54, 1.807) is 4.90 Å². The second kappa shape index (κ2) is 8.92. The highest BCUT2D eigenvalue weighted by Gasteiger charge is 2.55. The number of hydrogen-bond acceptors (Lipinski definition) is 5.